The van der Waals surface area contributed by atoms with E-state index in [2.05, 4.69) is 10.4 Å². The van der Waals surface area contributed by atoms with Crippen LogP contribution in [-0.2, 0) is 12.7 Å². The minimum atomic E-state index is -4.52. The Morgan fingerprint density at radius 1 is 1.19 bits per heavy atom. The molecule has 4 nitrogen and oxygen atoms in total. The predicted molar refractivity (Wildman–Crippen MR) is 96.9 cm³/mol. The number of nitrogens with zero attached hydrogens (tertiary/aromatic N) is 2. The molecule has 2 aromatic carbocycles. The van der Waals surface area contributed by atoms with Crippen molar-refractivity contribution in [3.8, 4) is 0 Å². The maximum atomic E-state index is 13.2. The molecule has 1 N–H and O–H groups in total. The number of aromatic nitrogens is 2. The fraction of sp³-hybridized carbons (Fsp3) is 0.158. The molecule has 0 unspecified atom stereocenters. The number of hydrogen-bond donors (Lipinski definition) is 1. The first kappa shape index (κ1) is 19.0. The van der Waals surface area contributed by atoms with Crippen LogP contribution in [0.5, 0.6) is 0 Å². The smallest absolute Gasteiger partial charge is 0.305 e. The largest absolute Gasteiger partial charge is 0.416 e. The van der Waals surface area contributed by atoms with Crippen LogP contribution in [0.3, 0.4) is 0 Å². The Labute approximate surface area is 158 Å². The Morgan fingerprint density at radius 2 is 1.93 bits per heavy atom. The molecule has 1 amide bonds. The zero-order valence-corrected chi connectivity index (χ0v) is 15.0. The number of hydrogen-bond acceptors (Lipinski definition) is 2. The lowest BCUT2D eigenvalue weighted by Crippen LogP contribution is -2.15. The SMILES string of the molecule is Cc1ccccc1C(=O)Nc1ccn(Cc2ccc(Cl)cc2C(F)(F)F)n1. The van der Waals surface area contributed by atoms with Gasteiger partial charge in [0.15, 0.2) is 5.82 Å². The number of rotatable bonds is 4. The van der Waals surface area contributed by atoms with E-state index >= 15 is 0 Å². The van der Waals surface area contributed by atoms with Gasteiger partial charge in [0.05, 0.1) is 12.1 Å². The van der Waals surface area contributed by atoms with E-state index in [9.17, 15) is 18.0 Å². The van der Waals surface area contributed by atoms with Crippen molar-refractivity contribution >= 4 is 23.3 Å². The molecule has 0 saturated heterocycles. The molecule has 1 aromatic heterocycles. The molecule has 0 aliphatic carbocycles. The topological polar surface area (TPSA) is 46.9 Å². The van der Waals surface area contributed by atoms with E-state index in [1.54, 1.807) is 12.1 Å². The van der Waals surface area contributed by atoms with Crippen LogP contribution in [0.25, 0.3) is 0 Å². The molecule has 0 saturated carbocycles. The van der Waals surface area contributed by atoms with E-state index in [4.69, 9.17) is 11.6 Å². The Morgan fingerprint density at radius 3 is 2.63 bits per heavy atom. The fourth-order valence-electron chi connectivity index (χ4n) is 2.65. The van der Waals surface area contributed by atoms with Crippen LogP contribution >= 0.6 is 11.6 Å². The molecule has 0 aliphatic rings. The van der Waals surface area contributed by atoms with Crippen molar-refractivity contribution in [1.82, 2.24) is 9.78 Å². The van der Waals surface area contributed by atoms with Gasteiger partial charge in [0.25, 0.3) is 5.91 Å². The molecule has 3 aromatic rings. The van der Waals surface area contributed by atoms with Crippen molar-refractivity contribution in [3.05, 3.63) is 82.0 Å². The number of aryl methyl sites for hydroxylation is 1. The molecule has 0 spiro atoms. The molecule has 0 aliphatic heterocycles. The van der Waals surface area contributed by atoms with E-state index in [0.29, 0.717) is 5.56 Å². The molecule has 0 radical (unpaired) electrons. The number of nitrogens with one attached hydrogen (secondary N) is 1. The van der Waals surface area contributed by atoms with Crippen LogP contribution in [0, 0.1) is 6.92 Å². The summed E-state index contributed by atoms with van der Waals surface area (Å²) < 4.78 is 40.9. The summed E-state index contributed by atoms with van der Waals surface area (Å²) in [6.07, 6.45) is -3.02. The van der Waals surface area contributed by atoms with E-state index < -0.39 is 11.7 Å². The van der Waals surface area contributed by atoms with Crippen molar-refractivity contribution in [1.29, 1.82) is 0 Å². The normalized spacial score (nSPS) is 11.4. The average Bonchev–Trinajstić information content (AvgIpc) is 3.03. The molecule has 0 bridgehead atoms. The number of halogens is 4. The Balaban J connectivity index is 1.78. The minimum Gasteiger partial charge on any atom is -0.305 e. The third-order valence-electron chi connectivity index (χ3n) is 3.98. The number of benzene rings is 2. The summed E-state index contributed by atoms with van der Waals surface area (Å²) in [5.74, 6) is -0.0772. The maximum absolute atomic E-state index is 13.2. The zero-order chi connectivity index (χ0) is 19.6. The van der Waals surface area contributed by atoms with Crippen LogP contribution in [0.4, 0.5) is 19.0 Å². The van der Waals surface area contributed by atoms with Gasteiger partial charge in [0, 0.05) is 22.8 Å². The van der Waals surface area contributed by atoms with Gasteiger partial charge in [0.2, 0.25) is 0 Å². The van der Waals surface area contributed by atoms with Crippen molar-refractivity contribution in [2.75, 3.05) is 5.32 Å². The zero-order valence-electron chi connectivity index (χ0n) is 14.2. The lowest BCUT2D eigenvalue weighted by molar-refractivity contribution is -0.138. The average molecular weight is 394 g/mol. The van der Waals surface area contributed by atoms with Crippen LogP contribution < -0.4 is 5.32 Å². The van der Waals surface area contributed by atoms with Gasteiger partial charge >= 0.3 is 6.18 Å². The van der Waals surface area contributed by atoms with Gasteiger partial charge in [-0.25, -0.2) is 0 Å². The summed E-state index contributed by atoms with van der Waals surface area (Å²) in [6, 6.07) is 12.2. The summed E-state index contributed by atoms with van der Waals surface area (Å²) in [5, 5.41) is 6.79. The maximum Gasteiger partial charge on any atom is 0.416 e. The third kappa shape index (κ3) is 4.49. The highest BCUT2D eigenvalue weighted by Crippen LogP contribution is 2.34. The number of carbonyl (C=O) groups is 1. The second-order valence-corrected chi connectivity index (χ2v) is 6.40. The van der Waals surface area contributed by atoms with Crippen LogP contribution in [0.2, 0.25) is 5.02 Å². The van der Waals surface area contributed by atoms with Crippen LogP contribution in [-0.4, -0.2) is 15.7 Å². The van der Waals surface area contributed by atoms with Gasteiger partial charge in [-0.05, 0) is 36.2 Å². The number of amides is 1. The highest BCUT2D eigenvalue weighted by Gasteiger charge is 2.33. The van der Waals surface area contributed by atoms with Gasteiger partial charge in [-0.1, -0.05) is 35.9 Å². The van der Waals surface area contributed by atoms with Gasteiger partial charge in [-0.2, -0.15) is 18.3 Å². The van der Waals surface area contributed by atoms with Gasteiger partial charge in [-0.15, -0.1) is 0 Å². The molecular weight excluding hydrogens is 379 g/mol. The molecule has 3 rings (SSSR count). The summed E-state index contributed by atoms with van der Waals surface area (Å²) >= 11 is 5.69. The highest BCUT2D eigenvalue weighted by molar-refractivity contribution is 6.30. The quantitative estimate of drug-likeness (QED) is 0.665. The molecular formula is C19H15ClF3N3O. The molecule has 140 valence electrons. The lowest BCUT2D eigenvalue weighted by Gasteiger charge is -2.13. The second kappa shape index (κ2) is 7.44. The van der Waals surface area contributed by atoms with Crippen LogP contribution in [0.1, 0.15) is 27.0 Å². The van der Waals surface area contributed by atoms with Gasteiger partial charge in [0.1, 0.15) is 0 Å². The van der Waals surface area contributed by atoms with Crippen molar-refractivity contribution in [2.45, 2.75) is 19.6 Å². The van der Waals surface area contributed by atoms with Gasteiger partial charge < -0.3 is 5.32 Å². The van der Waals surface area contributed by atoms with E-state index in [0.717, 1.165) is 11.6 Å². The van der Waals surface area contributed by atoms with Crippen molar-refractivity contribution < 1.29 is 18.0 Å². The highest BCUT2D eigenvalue weighted by atomic mass is 35.5. The van der Waals surface area contributed by atoms with Crippen molar-refractivity contribution in [2.24, 2.45) is 0 Å². The monoisotopic (exact) mass is 393 g/mol. The first-order valence-electron chi connectivity index (χ1n) is 8.00. The molecule has 1 heterocycles. The molecule has 0 fully saturated rings. The number of anilines is 1. The first-order chi connectivity index (χ1) is 12.7. The molecule has 0 atom stereocenters. The Bertz CT molecular complexity index is 982. The number of carbonyl (C=O) groups excluding carboxylic acids is 1. The summed E-state index contributed by atoms with van der Waals surface area (Å²) in [7, 11) is 0. The van der Waals surface area contributed by atoms with Crippen LogP contribution in [0.15, 0.2) is 54.7 Å². The third-order valence-corrected chi connectivity index (χ3v) is 4.22. The van der Waals surface area contributed by atoms with E-state index in [1.807, 2.05) is 19.1 Å². The fourth-order valence-corrected chi connectivity index (χ4v) is 2.82. The van der Waals surface area contributed by atoms with E-state index in [1.165, 1.54) is 29.1 Å². The number of alkyl halides is 3. The molecule has 8 heteroatoms. The summed E-state index contributed by atoms with van der Waals surface area (Å²) in [4.78, 5) is 12.3. The Hall–Kier alpha value is -2.80. The lowest BCUT2D eigenvalue weighted by atomic mass is 10.1. The summed E-state index contributed by atoms with van der Waals surface area (Å²) in [5.41, 5.74) is 0.539. The van der Waals surface area contributed by atoms with Gasteiger partial charge in [-0.3, -0.25) is 9.48 Å². The minimum absolute atomic E-state index is 0.0118. The predicted octanol–water partition coefficient (Wildman–Crippen LogP) is 5.16. The van der Waals surface area contributed by atoms with Crippen molar-refractivity contribution in [3.63, 3.8) is 0 Å². The second-order valence-electron chi connectivity index (χ2n) is 5.97. The standard InChI is InChI=1S/C19H15ClF3N3O/c1-12-4-2-3-5-15(12)18(27)24-17-8-9-26(25-17)11-13-6-7-14(20)10-16(13)19(21,22)23/h2-10H,11H2,1H3,(H,24,25,27). The van der Waals surface area contributed by atoms with E-state index in [-0.39, 0.29) is 28.9 Å². The Kier molecular flexibility index (Phi) is 5.23. The summed E-state index contributed by atoms with van der Waals surface area (Å²) in [6.45, 7) is 1.71. The molecule has 27 heavy (non-hydrogen) atoms. The first-order valence-corrected chi connectivity index (χ1v) is 8.38.